The van der Waals surface area contributed by atoms with E-state index in [1.54, 1.807) is 12.1 Å². The van der Waals surface area contributed by atoms with E-state index in [9.17, 15) is 4.79 Å². The van der Waals surface area contributed by atoms with Crippen LogP contribution in [0.1, 0.15) is 23.1 Å². The molecule has 0 unspecified atom stereocenters. The molecular formula is C15H17ClN2O3. The summed E-state index contributed by atoms with van der Waals surface area (Å²) in [5.41, 5.74) is 2.18. The number of rotatable bonds is 6. The van der Waals surface area contributed by atoms with Gasteiger partial charge in [-0.15, -0.1) is 0 Å². The highest BCUT2D eigenvalue weighted by atomic mass is 35.5. The van der Waals surface area contributed by atoms with Gasteiger partial charge in [-0.2, -0.15) is 0 Å². The van der Waals surface area contributed by atoms with Gasteiger partial charge in [-0.1, -0.05) is 11.6 Å². The standard InChI is InChI=1S/C15H17ClN2O3/c1-3-21-14-7-5-10(8-12(14)16)17-9-11-4-6-13(18-11)15(19)20-2/h4-8,17-18H,3,9H2,1-2H3. The Morgan fingerprint density at radius 3 is 2.81 bits per heavy atom. The fourth-order valence-corrected chi connectivity index (χ4v) is 2.09. The number of aromatic amines is 1. The fourth-order valence-electron chi connectivity index (χ4n) is 1.85. The molecule has 21 heavy (non-hydrogen) atoms. The summed E-state index contributed by atoms with van der Waals surface area (Å²) in [6.07, 6.45) is 0. The van der Waals surface area contributed by atoms with Crippen LogP contribution in [0, 0.1) is 0 Å². The van der Waals surface area contributed by atoms with Crippen molar-refractivity contribution in [2.75, 3.05) is 19.0 Å². The van der Waals surface area contributed by atoms with E-state index in [1.165, 1.54) is 7.11 Å². The molecule has 5 nitrogen and oxygen atoms in total. The van der Waals surface area contributed by atoms with Crippen LogP contribution in [0.25, 0.3) is 0 Å². The molecule has 1 heterocycles. The van der Waals surface area contributed by atoms with Gasteiger partial charge in [0, 0.05) is 11.4 Å². The normalized spacial score (nSPS) is 10.2. The first-order valence-electron chi connectivity index (χ1n) is 6.56. The third-order valence-electron chi connectivity index (χ3n) is 2.87. The molecule has 0 amide bonds. The zero-order valence-electron chi connectivity index (χ0n) is 11.9. The lowest BCUT2D eigenvalue weighted by Gasteiger charge is -2.09. The van der Waals surface area contributed by atoms with E-state index in [0.29, 0.717) is 29.6 Å². The second-order valence-electron chi connectivity index (χ2n) is 4.32. The molecule has 112 valence electrons. The zero-order valence-corrected chi connectivity index (χ0v) is 12.7. The van der Waals surface area contributed by atoms with Gasteiger partial charge >= 0.3 is 5.97 Å². The molecule has 1 aromatic carbocycles. The van der Waals surface area contributed by atoms with E-state index in [2.05, 4.69) is 15.0 Å². The average Bonchev–Trinajstić information content (AvgIpc) is 2.96. The number of hydrogen-bond acceptors (Lipinski definition) is 4. The second-order valence-corrected chi connectivity index (χ2v) is 4.73. The van der Waals surface area contributed by atoms with Crippen molar-refractivity contribution in [2.24, 2.45) is 0 Å². The molecule has 6 heteroatoms. The molecule has 2 N–H and O–H groups in total. The first-order chi connectivity index (χ1) is 10.1. The van der Waals surface area contributed by atoms with Gasteiger partial charge in [0.25, 0.3) is 0 Å². The average molecular weight is 309 g/mol. The Bertz CT molecular complexity index is 625. The molecule has 0 aliphatic carbocycles. The van der Waals surface area contributed by atoms with Crippen molar-refractivity contribution in [3.8, 4) is 5.75 Å². The number of ether oxygens (including phenoxy) is 2. The Kier molecular flexibility index (Phi) is 5.11. The molecule has 0 spiro atoms. The Hall–Kier alpha value is -2.14. The van der Waals surface area contributed by atoms with Crippen LogP contribution in [0.5, 0.6) is 5.75 Å². The lowest BCUT2D eigenvalue weighted by atomic mass is 10.3. The molecular weight excluding hydrogens is 292 g/mol. The predicted molar refractivity (Wildman–Crippen MR) is 82.1 cm³/mol. The van der Waals surface area contributed by atoms with Crippen LogP contribution in [0.4, 0.5) is 5.69 Å². The summed E-state index contributed by atoms with van der Waals surface area (Å²) in [5.74, 6) is 0.280. The van der Waals surface area contributed by atoms with Crippen molar-refractivity contribution in [1.29, 1.82) is 0 Å². The Morgan fingerprint density at radius 2 is 2.14 bits per heavy atom. The van der Waals surface area contributed by atoms with Crippen molar-refractivity contribution < 1.29 is 14.3 Å². The minimum Gasteiger partial charge on any atom is -0.492 e. The minimum absolute atomic E-state index is 0.384. The molecule has 2 aromatic rings. The zero-order chi connectivity index (χ0) is 15.2. The number of halogens is 1. The molecule has 0 atom stereocenters. The lowest BCUT2D eigenvalue weighted by Crippen LogP contribution is -2.04. The number of aromatic nitrogens is 1. The quantitative estimate of drug-likeness (QED) is 0.802. The van der Waals surface area contributed by atoms with Crippen LogP contribution < -0.4 is 10.1 Å². The maximum atomic E-state index is 11.3. The van der Waals surface area contributed by atoms with E-state index in [1.807, 2.05) is 25.1 Å². The molecule has 2 rings (SSSR count). The van der Waals surface area contributed by atoms with Crippen molar-refractivity contribution in [2.45, 2.75) is 13.5 Å². The Morgan fingerprint density at radius 1 is 1.33 bits per heavy atom. The first-order valence-corrected chi connectivity index (χ1v) is 6.94. The number of H-pyrrole nitrogens is 1. The van der Waals surface area contributed by atoms with Crippen LogP contribution in [0.15, 0.2) is 30.3 Å². The summed E-state index contributed by atoms with van der Waals surface area (Å²) in [6, 6.07) is 9.03. The summed E-state index contributed by atoms with van der Waals surface area (Å²) < 4.78 is 10.0. The number of benzene rings is 1. The fraction of sp³-hybridized carbons (Fsp3) is 0.267. The van der Waals surface area contributed by atoms with E-state index >= 15 is 0 Å². The van der Waals surface area contributed by atoms with Gasteiger partial charge in [-0.3, -0.25) is 0 Å². The van der Waals surface area contributed by atoms with Gasteiger partial charge in [0.15, 0.2) is 0 Å². The maximum Gasteiger partial charge on any atom is 0.354 e. The number of carbonyl (C=O) groups is 1. The van der Waals surface area contributed by atoms with Gasteiger partial charge in [0.2, 0.25) is 0 Å². The highest BCUT2D eigenvalue weighted by Crippen LogP contribution is 2.27. The summed E-state index contributed by atoms with van der Waals surface area (Å²) in [7, 11) is 1.35. The van der Waals surface area contributed by atoms with Gasteiger partial charge in [-0.05, 0) is 37.3 Å². The van der Waals surface area contributed by atoms with E-state index in [-0.39, 0.29) is 5.97 Å². The monoisotopic (exact) mass is 308 g/mol. The van der Waals surface area contributed by atoms with Crippen LogP contribution in [0.3, 0.4) is 0 Å². The van der Waals surface area contributed by atoms with E-state index in [0.717, 1.165) is 11.4 Å². The third kappa shape index (κ3) is 3.92. The molecule has 0 bridgehead atoms. The van der Waals surface area contributed by atoms with Crippen LogP contribution in [-0.4, -0.2) is 24.7 Å². The molecule has 0 aliphatic rings. The number of nitrogens with one attached hydrogen (secondary N) is 2. The molecule has 0 saturated heterocycles. The summed E-state index contributed by atoms with van der Waals surface area (Å²) in [4.78, 5) is 14.3. The van der Waals surface area contributed by atoms with Crippen LogP contribution in [0.2, 0.25) is 5.02 Å². The highest BCUT2D eigenvalue weighted by Gasteiger charge is 2.08. The van der Waals surface area contributed by atoms with Crippen molar-refractivity contribution >= 4 is 23.3 Å². The number of anilines is 1. The van der Waals surface area contributed by atoms with Crippen LogP contribution >= 0.6 is 11.6 Å². The Balaban J connectivity index is 1.98. The summed E-state index contributed by atoms with van der Waals surface area (Å²) >= 11 is 6.12. The van der Waals surface area contributed by atoms with E-state index in [4.69, 9.17) is 16.3 Å². The van der Waals surface area contributed by atoms with Gasteiger partial charge in [0.1, 0.15) is 11.4 Å². The van der Waals surface area contributed by atoms with Crippen molar-refractivity contribution in [1.82, 2.24) is 4.98 Å². The second kappa shape index (κ2) is 7.04. The summed E-state index contributed by atoms with van der Waals surface area (Å²) in [5, 5.41) is 3.78. The van der Waals surface area contributed by atoms with Crippen LogP contribution in [-0.2, 0) is 11.3 Å². The first kappa shape index (κ1) is 15.3. The number of methoxy groups -OCH3 is 1. The number of hydrogen-bond donors (Lipinski definition) is 2. The lowest BCUT2D eigenvalue weighted by molar-refractivity contribution is 0.0594. The predicted octanol–water partition coefficient (Wildman–Crippen LogP) is 3.47. The number of carbonyl (C=O) groups excluding carboxylic acids is 1. The minimum atomic E-state index is -0.384. The van der Waals surface area contributed by atoms with E-state index < -0.39 is 0 Å². The highest BCUT2D eigenvalue weighted by molar-refractivity contribution is 6.32. The summed E-state index contributed by atoms with van der Waals surface area (Å²) in [6.45, 7) is 3.03. The molecule has 1 aromatic heterocycles. The maximum absolute atomic E-state index is 11.3. The van der Waals surface area contributed by atoms with Crippen molar-refractivity contribution in [3.05, 3.63) is 46.7 Å². The molecule has 0 aliphatic heterocycles. The molecule has 0 radical (unpaired) electrons. The largest absolute Gasteiger partial charge is 0.492 e. The molecule has 0 saturated carbocycles. The third-order valence-corrected chi connectivity index (χ3v) is 3.16. The van der Waals surface area contributed by atoms with Crippen molar-refractivity contribution in [3.63, 3.8) is 0 Å². The smallest absolute Gasteiger partial charge is 0.354 e. The topological polar surface area (TPSA) is 63.4 Å². The van der Waals surface area contributed by atoms with Gasteiger partial charge in [0.05, 0.1) is 25.3 Å². The number of esters is 1. The molecule has 0 fully saturated rings. The van der Waals surface area contributed by atoms with Gasteiger partial charge < -0.3 is 19.8 Å². The van der Waals surface area contributed by atoms with Gasteiger partial charge in [-0.25, -0.2) is 4.79 Å². The SMILES string of the molecule is CCOc1ccc(NCc2ccc(C(=O)OC)[nH]2)cc1Cl. The Labute approximate surface area is 128 Å².